The van der Waals surface area contributed by atoms with Crippen molar-refractivity contribution < 1.29 is 14.6 Å². The van der Waals surface area contributed by atoms with Crippen molar-refractivity contribution in [3.63, 3.8) is 0 Å². The minimum Gasteiger partial charge on any atom is -0.499 e. The molecule has 1 N–H and O–H groups in total. The zero-order valence-corrected chi connectivity index (χ0v) is 14.4. The molecule has 0 bridgehead atoms. The molecule has 1 atom stereocenters. The fourth-order valence-corrected chi connectivity index (χ4v) is 4.19. The van der Waals surface area contributed by atoms with Crippen molar-refractivity contribution in [1.82, 2.24) is 4.90 Å². The molecule has 0 fully saturated rings. The number of fused-ring (bicyclic) bond motifs is 1. The lowest BCUT2D eigenvalue weighted by atomic mass is 9.98. The Labute approximate surface area is 144 Å². The molecule has 1 aromatic carbocycles. The maximum absolute atomic E-state index is 11.9. The largest absolute Gasteiger partial charge is 0.499 e. The first-order valence-electron chi connectivity index (χ1n) is 7.44. The molecule has 122 valence electrons. The van der Waals surface area contributed by atoms with E-state index < -0.39 is 0 Å². The van der Waals surface area contributed by atoms with Crippen LogP contribution in [0.1, 0.15) is 28.5 Å². The van der Waals surface area contributed by atoms with Crippen molar-refractivity contribution in [3.8, 4) is 5.06 Å². The molecular formula is C17H18ClNO3S. The Morgan fingerprint density at radius 2 is 2.26 bits per heavy atom. The van der Waals surface area contributed by atoms with E-state index in [2.05, 4.69) is 4.90 Å². The zero-order chi connectivity index (χ0) is 16.4. The monoisotopic (exact) mass is 351 g/mol. The van der Waals surface area contributed by atoms with E-state index in [0.29, 0.717) is 16.6 Å². The van der Waals surface area contributed by atoms with Crippen molar-refractivity contribution in [2.24, 2.45) is 0 Å². The van der Waals surface area contributed by atoms with Crippen LogP contribution in [-0.4, -0.2) is 29.6 Å². The number of benzene rings is 1. The molecule has 0 aliphatic carbocycles. The van der Waals surface area contributed by atoms with Crippen LogP contribution in [0.15, 0.2) is 30.3 Å². The van der Waals surface area contributed by atoms with Crippen LogP contribution in [0.25, 0.3) is 0 Å². The van der Waals surface area contributed by atoms with Gasteiger partial charge in [-0.15, -0.1) is 11.3 Å². The Kier molecular flexibility index (Phi) is 4.90. The number of rotatable bonds is 4. The summed E-state index contributed by atoms with van der Waals surface area (Å²) >= 11 is 7.78. The second-order valence-electron chi connectivity index (χ2n) is 5.57. The molecule has 1 aliphatic rings. The smallest absolute Gasteiger partial charge is 0.307 e. The lowest BCUT2D eigenvalue weighted by Crippen LogP contribution is -2.35. The summed E-state index contributed by atoms with van der Waals surface area (Å²) in [7, 11) is 1.40. The molecule has 2 aromatic rings. The molecule has 0 spiro atoms. The van der Waals surface area contributed by atoms with Crippen molar-refractivity contribution in [2.75, 3.05) is 13.7 Å². The maximum Gasteiger partial charge on any atom is 0.307 e. The predicted molar refractivity (Wildman–Crippen MR) is 90.9 cm³/mol. The summed E-state index contributed by atoms with van der Waals surface area (Å²) in [5, 5.41) is 10.7. The van der Waals surface area contributed by atoms with Crippen molar-refractivity contribution in [3.05, 3.63) is 51.4 Å². The lowest BCUT2D eigenvalue weighted by molar-refractivity contribution is -0.142. The lowest BCUT2D eigenvalue weighted by Gasteiger charge is -2.34. The number of esters is 1. The number of carbonyl (C=O) groups excluding carboxylic acids is 1. The molecule has 6 heteroatoms. The molecular weight excluding hydrogens is 334 g/mol. The van der Waals surface area contributed by atoms with Gasteiger partial charge in [-0.1, -0.05) is 29.8 Å². The number of methoxy groups -OCH3 is 1. The van der Waals surface area contributed by atoms with Gasteiger partial charge in [-0.05, 0) is 29.7 Å². The van der Waals surface area contributed by atoms with E-state index >= 15 is 0 Å². The molecule has 0 saturated carbocycles. The summed E-state index contributed by atoms with van der Waals surface area (Å²) < 4.78 is 4.86. The third kappa shape index (κ3) is 3.52. The Morgan fingerprint density at radius 1 is 1.48 bits per heavy atom. The Bertz CT molecular complexity index is 716. The van der Waals surface area contributed by atoms with Gasteiger partial charge < -0.3 is 9.84 Å². The summed E-state index contributed by atoms with van der Waals surface area (Å²) in [6.07, 6.45) is 1.12. The molecule has 1 aromatic heterocycles. The van der Waals surface area contributed by atoms with Gasteiger partial charge in [0.25, 0.3) is 0 Å². The van der Waals surface area contributed by atoms with Gasteiger partial charge in [-0.25, -0.2) is 0 Å². The van der Waals surface area contributed by atoms with Crippen molar-refractivity contribution in [1.29, 1.82) is 0 Å². The number of ether oxygens (including phenoxy) is 1. The van der Waals surface area contributed by atoms with Crippen LogP contribution in [0.2, 0.25) is 5.02 Å². The molecule has 0 saturated heterocycles. The zero-order valence-electron chi connectivity index (χ0n) is 12.8. The van der Waals surface area contributed by atoms with Crippen molar-refractivity contribution >= 4 is 28.9 Å². The fourth-order valence-electron chi connectivity index (χ4n) is 3.03. The normalized spacial score (nSPS) is 15.9. The third-order valence-corrected chi connectivity index (χ3v) is 5.56. The number of hydrogen-bond donors (Lipinski definition) is 1. The molecule has 3 rings (SSSR count). The summed E-state index contributed by atoms with van der Waals surface area (Å²) in [5.74, 6) is -0.256. The second-order valence-corrected chi connectivity index (χ2v) is 7.09. The average Bonchev–Trinajstić information content (AvgIpc) is 2.92. The highest BCUT2D eigenvalue weighted by molar-refractivity contribution is 7.13. The van der Waals surface area contributed by atoms with Crippen LogP contribution in [0.3, 0.4) is 0 Å². The SMILES string of the molecule is COC(=O)C[C@H](c1ccccc1Cl)N1CCc2sc(O)cc2C1. The maximum atomic E-state index is 11.9. The van der Waals surface area contributed by atoms with Gasteiger partial charge in [0.15, 0.2) is 5.06 Å². The number of thiophene rings is 1. The highest BCUT2D eigenvalue weighted by Crippen LogP contribution is 2.37. The summed E-state index contributed by atoms with van der Waals surface area (Å²) in [6.45, 7) is 1.51. The van der Waals surface area contributed by atoms with E-state index in [1.54, 1.807) is 0 Å². The minimum atomic E-state index is -0.256. The number of carbonyl (C=O) groups is 1. The fraction of sp³-hybridized carbons (Fsp3) is 0.353. The van der Waals surface area contributed by atoms with Crippen LogP contribution in [0.5, 0.6) is 5.06 Å². The van der Waals surface area contributed by atoms with Crippen LogP contribution in [-0.2, 0) is 22.5 Å². The van der Waals surface area contributed by atoms with Gasteiger partial charge in [0.1, 0.15) is 0 Å². The molecule has 0 unspecified atom stereocenters. The predicted octanol–water partition coefficient (Wildman–Crippen LogP) is 3.77. The van der Waals surface area contributed by atoms with Crippen LogP contribution >= 0.6 is 22.9 Å². The quantitative estimate of drug-likeness (QED) is 0.852. The van der Waals surface area contributed by atoms with Gasteiger partial charge in [-0.3, -0.25) is 9.69 Å². The van der Waals surface area contributed by atoms with E-state index in [1.807, 2.05) is 30.3 Å². The summed E-state index contributed by atoms with van der Waals surface area (Å²) in [6, 6.07) is 9.28. The summed E-state index contributed by atoms with van der Waals surface area (Å²) in [5.41, 5.74) is 2.06. The molecule has 0 amide bonds. The van der Waals surface area contributed by atoms with E-state index in [-0.39, 0.29) is 18.4 Å². The van der Waals surface area contributed by atoms with Gasteiger partial charge in [0.05, 0.1) is 13.5 Å². The van der Waals surface area contributed by atoms with Crippen LogP contribution in [0.4, 0.5) is 0 Å². The van der Waals surface area contributed by atoms with Gasteiger partial charge in [0.2, 0.25) is 0 Å². The average molecular weight is 352 g/mol. The highest BCUT2D eigenvalue weighted by atomic mass is 35.5. The molecule has 23 heavy (non-hydrogen) atoms. The van der Waals surface area contributed by atoms with Gasteiger partial charge >= 0.3 is 5.97 Å². The van der Waals surface area contributed by atoms with E-state index in [4.69, 9.17) is 16.3 Å². The van der Waals surface area contributed by atoms with Gasteiger partial charge in [0, 0.05) is 29.0 Å². The molecule has 4 nitrogen and oxygen atoms in total. The standard InChI is InChI=1S/C17H18ClNO3S/c1-22-16(20)9-14(12-4-2-3-5-13(12)18)19-7-6-15-11(10-19)8-17(21)23-15/h2-5,8,14,21H,6-7,9-10H2,1H3/t14-/m1/s1. The Balaban J connectivity index is 1.90. The molecule has 1 aliphatic heterocycles. The van der Waals surface area contributed by atoms with Gasteiger partial charge in [-0.2, -0.15) is 0 Å². The second kappa shape index (κ2) is 6.91. The van der Waals surface area contributed by atoms with Crippen LogP contribution < -0.4 is 0 Å². The topological polar surface area (TPSA) is 49.8 Å². The number of nitrogens with zero attached hydrogens (tertiary/aromatic N) is 1. The first kappa shape index (κ1) is 16.3. The minimum absolute atomic E-state index is 0.133. The third-order valence-electron chi connectivity index (χ3n) is 4.18. The first-order valence-corrected chi connectivity index (χ1v) is 8.63. The van der Waals surface area contributed by atoms with Crippen molar-refractivity contribution in [2.45, 2.75) is 25.4 Å². The van der Waals surface area contributed by atoms with Crippen LogP contribution in [0, 0.1) is 0 Å². The number of hydrogen-bond acceptors (Lipinski definition) is 5. The summed E-state index contributed by atoms with van der Waals surface area (Å²) in [4.78, 5) is 15.3. The Morgan fingerprint density at radius 3 is 3.00 bits per heavy atom. The number of aromatic hydroxyl groups is 1. The van der Waals surface area contributed by atoms with E-state index in [0.717, 1.165) is 24.1 Å². The van der Waals surface area contributed by atoms with E-state index in [9.17, 15) is 9.90 Å². The van der Waals surface area contributed by atoms with E-state index in [1.165, 1.54) is 23.3 Å². The molecule has 0 radical (unpaired) electrons. The highest BCUT2D eigenvalue weighted by Gasteiger charge is 2.29. The number of halogens is 1. The molecule has 2 heterocycles. The Hall–Kier alpha value is -1.56. The first-order chi connectivity index (χ1) is 11.1.